The van der Waals surface area contributed by atoms with E-state index in [4.69, 9.17) is 23.8 Å². The van der Waals surface area contributed by atoms with E-state index in [9.17, 15) is 9.18 Å². The maximum Gasteiger partial charge on any atom is 0.230 e. The Hall–Kier alpha value is -1.74. The number of aromatic nitrogens is 2. The topological polar surface area (TPSA) is 46.9 Å². The number of rotatable bonds is 7. The van der Waals surface area contributed by atoms with Crippen LogP contribution in [0.5, 0.6) is 0 Å². The van der Waals surface area contributed by atoms with Gasteiger partial charge in [-0.15, -0.1) is 5.10 Å². The first-order valence-electron chi connectivity index (χ1n) is 8.87. The normalized spacial score (nSPS) is 12.2. The fourth-order valence-corrected chi connectivity index (χ4v) is 5.01. The molecule has 1 unspecified atom stereocenters. The predicted octanol–water partition coefficient (Wildman–Crippen LogP) is 6.06. The Balaban J connectivity index is 1.64. The van der Waals surface area contributed by atoms with Crippen LogP contribution in [0.3, 0.4) is 0 Å². The van der Waals surface area contributed by atoms with Crippen LogP contribution in [0.1, 0.15) is 25.5 Å². The van der Waals surface area contributed by atoms with Crippen molar-refractivity contribution in [2.75, 3.05) is 5.75 Å². The van der Waals surface area contributed by atoms with Crippen molar-refractivity contribution in [3.63, 3.8) is 0 Å². The van der Waals surface area contributed by atoms with Crippen molar-refractivity contribution < 1.29 is 9.18 Å². The average Bonchev–Trinajstić information content (AvgIpc) is 3.06. The molecule has 1 heterocycles. The summed E-state index contributed by atoms with van der Waals surface area (Å²) in [6.07, 6.45) is 0. The molecule has 29 heavy (non-hydrogen) atoms. The van der Waals surface area contributed by atoms with Crippen LogP contribution in [0.15, 0.2) is 52.9 Å². The van der Waals surface area contributed by atoms with Gasteiger partial charge >= 0.3 is 0 Å². The van der Waals surface area contributed by atoms with Gasteiger partial charge in [0.15, 0.2) is 8.29 Å². The zero-order chi connectivity index (χ0) is 21.0. The summed E-state index contributed by atoms with van der Waals surface area (Å²) in [6.45, 7) is 4.03. The van der Waals surface area contributed by atoms with Gasteiger partial charge in [-0.1, -0.05) is 60.7 Å². The van der Waals surface area contributed by atoms with E-state index in [1.807, 2.05) is 26.0 Å². The van der Waals surface area contributed by atoms with Gasteiger partial charge in [0.2, 0.25) is 5.91 Å². The quantitative estimate of drug-likeness (QED) is 0.339. The third-order valence-electron chi connectivity index (χ3n) is 4.14. The van der Waals surface area contributed by atoms with Crippen molar-refractivity contribution >= 4 is 52.8 Å². The van der Waals surface area contributed by atoms with Gasteiger partial charge < -0.3 is 5.32 Å². The van der Waals surface area contributed by atoms with Crippen molar-refractivity contribution in [3.05, 3.63) is 68.9 Å². The minimum absolute atomic E-state index is 0.114. The second kappa shape index (κ2) is 9.84. The molecule has 0 aliphatic carbocycles. The molecule has 2 aromatic carbocycles. The lowest BCUT2D eigenvalue weighted by molar-refractivity contribution is -0.119. The van der Waals surface area contributed by atoms with Crippen molar-refractivity contribution in [2.45, 2.75) is 24.2 Å². The molecule has 0 bridgehead atoms. The van der Waals surface area contributed by atoms with Crippen molar-refractivity contribution in [3.8, 4) is 5.69 Å². The molecule has 152 valence electrons. The van der Waals surface area contributed by atoms with Crippen LogP contribution >= 0.6 is 46.9 Å². The highest BCUT2D eigenvalue weighted by Crippen LogP contribution is 2.26. The summed E-state index contributed by atoms with van der Waals surface area (Å²) < 4.78 is 16.2. The number of amides is 1. The summed E-state index contributed by atoms with van der Waals surface area (Å²) in [6, 6.07) is 13.3. The Bertz CT molecular complexity index is 1030. The van der Waals surface area contributed by atoms with E-state index in [0.717, 1.165) is 11.3 Å². The zero-order valence-electron chi connectivity index (χ0n) is 15.8. The van der Waals surface area contributed by atoms with Crippen LogP contribution in [-0.2, 0) is 4.79 Å². The molecule has 1 amide bonds. The summed E-state index contributed by atoms with van der Waals surface area (Å²) in [7, 11) is 0. The monoisotopic (exact) mass is 467 g/mol. The third-order valence-corrected chi connectivity index (χ3v) is 6.76. The van der Waals surface area contributed by atoms with E-state index >= 15 is 0 Å². The Labute approximate surface area is 187 Å². The highest BCUT2D eigenvalue weighted by Gasteiger charge is 2.19. The lowest BCUT2D eigenvalue weighted by Crippen LogP contribution is -2.33. The second-order valence-corrected chi connectivity index (χ2v) is 9.93. The summed E-state index contributed by atoms with van der Waals surface area (Å²) in [5.74, 6) is -0.0266. The van der Waals surface area contributed by atoms with E-state index in [0.29, 0.717) is 13.3 Å². The molecule has 3 aromatic rings. The molecular weight excluding hydrogens is 449 g/mol. The number of thioether (sulfide) groups is 1. The van der Waals surface area contributed by atoms with Gasteiger partial charge in [-0.25, -0.2) is 9.07 Å². The summed E-state index contributed by atoms with van der Waals surface area (Å²) in [5.41, 5.74) is 1.70. The number of hydrogen-bond donors (Lipinski definition) is 1. The van der Waals surface area contributed by atoms with Crippen LogP contribution in [-0.4, -0.2) is 21.4 Å². The highest BCUT2D eigenvalue weighted by molar-refractivity contribution is 8.01. The second-order valence-electron chi connectivity index (χ2n) is 6.65. The molecule has 4 nitrogen and oxygen atoms in total. The van der Waals surface area contributed by atoms with Gasteiger partial charge in [-0.05, 0) is 60.1 Å². The van der Waals surface area contributed by atoms with Gasteiger partial charge in [0.1, 0.15) is 5.82 Å². The fourth-order valence-electron chi connectivity index (χ4n) is 2.71. The molecule has 0 saturated heterocycles. The van der Waals surface area contributed by atoms with Gasteiger partial charge in [-0.2, -0.15) is 0 Å². The molecule has 0 saturated carbocycles. The minimum atomic E-state index is -0.296. The van der Waals surface area contributed by atoms with Crippen molar-refractivity contribution in [1.29, 1.82) is 0 Å². The minimum Gasteiger partial charge on any atom is -0.348 e. The van der Waals surface area contributed by atoms with Crippen LogP contribution in [0, 0.1) is 15.7 Å². The number of halogens is 2. The number of carbonyl (C=O) groups excluding carboxylic acids is 1. The third kappa shape index (κ3) is 5.88. The molecule has 1 N–H and O–H groups in total. The van der Waals surface area contributed by atoms with Gasteiger partial charge in [0, 0.05) is 5.02 Å². The number of nitrogens with one attached hydrogen (secondary N) is 1. The molecule has 9 heteroatoms. The van der Waals surface area contributed by atoms with Crippen LogP contribution < -0.4 is 5.32 Å². The number of carbonyl (C=O) groups is 1. The molecule has 0 spiro atoms. The van der Waals surface area contributed by atoms with E-state index in [1.165, 1.54) is 35.2 Å². The first-order valence-corrected chi connectivity index (χ1v) is 11.5. The standard InChI is InChI=1S/C20H19ClFN3OS3/c1-12(2)18(13-3-7-15(22)8-4-13)23-17(26)11-28-19-24-25(20(27)29-19)16-9-5-14(21)6-10-16/h3-10,12,18H,11H2,1-2H3,(H,23,26). The smallest absolute Gasteiger partial charge is 0.230 e. The Kier molecular flexibility index (Phi) is 7.45. The van der Waals surface area contributed by atoms with Gasteiger partial charge in [-0.3, -0.25) is 4.79 Å². The maximum atomic E-state index is 13.2. The Morgan fingerprint density at radius 3 is 2.52 bits per heavy atom. The zero-order valence-corrected chi connectivity index (χ0v) is 19.0. The first kappa shape index (κ1) is 22.0. The van der Waals surface area contributed by atoms with E-state index in [-0.39, 0.29) is 29.4 Å². The van der Waals surface area contributed by atoms with E-state index in [1.54, 1.807) is 28.9 Å². The molecular formula is C20H19ClFN3OS3. The maximum absolute atomic E-state index is 13.2. The Morgan fingerprint density at radius 1 is 1.24 bits per heavy atom. The summed E-state index contributed by atoms with van der Waals surface area (Å²) in [5, 5.41) is 8.16. The van der Waals surface area contributed by atoms with Crippen LogP contribution in [0.2, 0.25) is 5.02 Å². The molecule has 0 radical (unpaired) electrons. The molecule has 1 aromatic heterocycles. The van der Waals surface area contributed by atoms with Crippen LogP contribution in [0.25, 0.3) is 5.69 Å². The fraction of sp³-hybridized carbons (Fsp3) is 0.250. The SMILES string of the molecule is CC(C)C(NC(=O)CSc1nn(-c2ccc(Cl)cc2)c(=S)s1)c1ccc(F)cc1. The average molecular weight is 468 g/mol. The predicted molar refractivity (Wildman–Crippen MR) is 120 cm³/mol. The molecule has 0 aliphatic heterocycles. The van der Waals surface area contributed by atoms with Gasteiger partial charge in [0.05, 0.1) is 17.5 Å². The summed E-state index contributed by atoms with van der Waals surface area (Å²) >= 11 is 14.0. The lowest BCUT2D eigenvalue weighted by atomic mass is 9.96. The van der Waals surface area contributed by atoms with E-state index < -0.39 is 0 Å². The van der Waals surface area contributed by atoms with Crippen LogP contribution in [0.4, 0.5) is 4.39 Å². The summed E-state index contributed by atoms with van der Waals surface area (Å²) in [4.78, 5) is 12.5. The number of nitrogens with zero attached hydrogens (tertiary/aromatic N) is 2. The van der Waals surface area contributed by atoms with E-state index in [2.05, 4.69) is 10.4 Å². The first-order chi connectivity index (χ1) is 13.8. The largest absolute Gasteiger partial charge is 0.348 e. The molecule has 1 atom stereocenters. The number of benzene rings is 2. The Morgan fingerprint density at radius 2 is 1.90 bits per heavy atom. The molecule has 0 aliphatic rings. The van der Waals surface area contributed by atoms with Gasteiger partial charge in [0.25, 0.3) is 0 Å². The lowest BCUT2D eigenvalue weighted by Gasteiger charge is -2.22. The number of hydrogen-bond acceptors (Lipinski definition) is 5. The van der Waals surface area contributed by atoms with Crippen molar-refractivity contribution in [2.24, 2.45) is 5.92 Å². The highest BCUT2D eigenvalue weighted by atomic mass is 35.5. The molecule has 0 fully saturated rings. The molecule has 3 rings (SSSR count). The van der Waals surface area contributed by atoms with Crippen molar-refractivity contribution in [1.82, 2.24) is 15.1 Å².